The zero-order valence-corrected chi connectivity index (χ0v) is 11.6. The second-order valence-corrected chi connectivity index (χ2v) is 7.40. The van der Waals surface area contributed by atoms with Crippen molar-refractivity contribution in [2.45, 2.75) is 39.2 Å². The molecule has 0 unspecified atom stereocenters. The highest BCUT2D eigenvalue weighted by Crippen LogP contribution is 2.23. The van der Waals surface area contributed by atoms with Gasteiger partial charge in [0.1, 0.15) is 0 Å². The molecule has 0 bridgehead atoms. The number of rotatable bonds is 4. The molecule has 0 aliphatic carbocycles. The van der Waals surface area contributed by atoms with Gasteiger partial charge in [-0.05, 0) is 32.7 Å². The number of hydrogen-bond donors (Lipinski definition) is 1. The molecule has 0 amide bonds. The van der Waals surface area contributed by atoms with E-state index < -0.39 is 10.0 Å². The van der Waals surface area contributed by atoms with Crippen LogP contribution >= 0.6 is 0 Å². The maximum Gasteiger partial charge on any atom is 0.214 e. The van der Waals surface area contributed by atoms with E-state index in [1.807, 2.05) is 20.9 Å². The minimum Gasteiger partial charge on any atom is -0.314 e. The molecule has 1 fully saturated rings. The zero-order chi connectivity index (χ0) is 12.4. The van der Waals surface area contributed by atoms with Crippen LogP contribution in [0.25, 0.3) is 0 Å². The van der Waals surface area contributed by atoms with Crippen LogP contribution in [-0.2, 0) is 10.0 Å². The minimum absolute atomic E-state index is 0.101. The maximum atomic E-state index is 12.0. The Morgan fingerprint density at radius 2 is 1.81 bits per heavy atom. The number of piperidine rings is 1. The van der Waals surface area contributed by atoms with Gasteiger partial charge in [-0.25, -0.2) is 12.7 Å². The van der Waals surface area contributed by atoms with Crippen molar-refractivity contribution >= 4 is 10.0 Å². The second-order valence-electron chi connectivity index (χ2n) is 5.38. The Balaban J connectivity index is 2.60. The van der Waals surface area contributed by atoms with Gasteiger partial charge in [-0.1, -0.05) is 13.8 Å². The van der Waals surface area contributed by atoms with Gasteiger partial charge < -0.3 is 5.32 Å². The van der Waals surface area contributed by atoms with Crippen LogP contribution in [0.1, 0.15) is 33.6 Å². The van der Waals surface area contributed by atoms with Gasteiger partial charge in [0.25, 0.3) is 0 Å². The molecule has 0 aromatic heterocycles. The predicted molar refractivity (Wildman–Crippen MR) is 66.9 cm³/mol. The largest absolute Gasteiger partial charge is 0.314 e. The lowest BCUT2D eigenvalue weighted by molar-refractivity contribution is 0.219. The summed E-state index contributed by atoms with van der Waals surface area (Å²) in [6, 6.07) is 0. The highest BCUT2D eigenvalue weighted by Gasteiger charge is 2.33. The van der Waals surface area contributed by atoms with Gasteiger partial charge in [0.05, 0.1) is 5.75 Å². The lowest BCUT2D eigenvalue weighted by Crippen LogP contribution is -2.51. The molecule has 0 atom stereocenters. The molecule has 4 nitrogen and oxygen atoms in total. The van der Waals surface area contributed by atoms with E-state index in [-0.39, 0.29) is 17.2 Å². The summed E-state index contributed by atoms with van der Waals surface area (Å²) in [5.41, 5.74) is 0.101. The standard InChI is InChI=1S/C11H24N2O2S/c1-10(2)9-16(14,15)13-7-5-11(3,12-4)6-8-13/h10,12H,5-9H2,1-4H3. The average Bonchev–Trinajstić information content (AvgIpc) is 2.16. The summed E-state index contributed by atoms with van der Waals surface area (Å²) in [5.74, 6) is 0.464. The lowest BCUT2D eigenvalue weighted by Gasteiger charge is -2.38. The van der Waals surface area contributed by atoms with Crippen LogP contribution in [0.5, 0.6) is 0 Å². The molecular formula is C11H24N2O2S. The second kappa shape index (κ2) is 5.02. The monoisotopic (exact) mass is 248 g/mol. The van der Waals surface area contributed by atoms with Crippen molar-refractivity contribution in [3.8, 4) is 0 Å². The topological polar surface area (TPSA) is 49.4 Å². The first-order valence-electron chi connectivity index (χ1n) is 5.96. The van der Waals surface area contributed by atoms with Crippen LogP contribution in [0.15, 0.2) is 0 Å². The van der Waals surface area contributed by atoms with Crippen molar-refractivity contribution in [3.05, 3.63) is 0 Å². The first-order valence-corrected chi connectivity index (χ1v) is 7.57. The first-order chi connectivity index (χ1) is 7.29. The van der Waals surface area contributed by atoms with E-state index in [0.717, 1.165) is 12.8 Å². The van der Waals surface area contributed by atoms with Crippen LogP contribution in [0.4, 0.5) is 0 Å². The fourth-order valence-electron chi connectivity index (χ4n) is 2.03. The summed E-state index contributed by atoms with van der Waals surface area (Å²) in [5, 5.41) is 3.27. The zero-order valence-electron chi connectivity index (χ0n) is 10.8. The summed E-state index contributed by atoms with van der Waals surface area (Å²) in [4.78, 5) is 0. The molecule has 0 radical (unpaired) electrons. The molecule has 1 heterocycles. The van der Waals surface area contributed by atoms with E-state index in [1.54, 1.807) is 4.31 Å². The van der Waals surface area contributed by atoms with Gasteiger partial charge >= 0.3 is 0 Å². The fraction of sp³-hybridized carbons (Fsp3) is 1.00. The van der Waals surface area contributed by atoms with E-state index in [2.05, 4.69) is 12.2 Å². The molecule has 5 heteroatoms. The lowest BCUT2D eigenvalue weighted by atomic mass is 9.91. The minimum atomic E-state index is -3.04. The SMILES string of the molecule is CNC1(C)CCN(S(=O)(=O)CC(C)C)CC1. The van der Waals surface area contributed by atoms with Gasteiger partial charge in [-0.15, -0.1) is 0 Å². The summed E-state index contributed by atoms with van der Waals surface area (Å²) in [6.07, 6.45) is 1.78. The van der Waals surface area contributed by atoms with Crippen molar-refractivity contribution in [1.82, 2.24) is 9.62 Å². The average molecular weight is 248 g/mol. The molecule has 1 aliphatic rings. The number of nitrogens with one attached hydrogen (secondary N) is 1. The van der Waals surface area contributed by atoms with Crippen molar-refractivity contribution in [1.29, 1.82) is 0 Å². The molecular weight excluding hydrogens is 224 g/mol. The molecule has 1 aliphatic heterocycles. The van der Waals surface area contributed by atoms with Crippen molar-refractivity contribution < 1.29 is 8.42 Å². The highest BCUT2D eigenvalue weighted by atomic mass is 32.2. The van der Waals surface area contributed by atoms with Gasteiger partial charge in [-0.3, -0.25) is 0 Å². The molecule has 1 rings (SSSR count). The molecule has 96 valence electrons. The molecule has 1 saturated heterocycles. The summed E-state index contributed by atoms with van der Waals surface area (Å²) < 4.78 is 25.6. The van der Waals surface area contributed by atoms with Crippen LogP contribution < -0.4 is 5.32 Å². The van der Waals surface area contributed by atoms with Crippen LogP contribution in [-0.4, -0.2) is 44.2 Å². The smallest absolute Gasteiger partial charge is 0.214 e. The third-order valence-corrected chi connectivity index (χ3v) is 5.61. The Kier molecular flexibility index (Phi) is 4.37. The molecule has 0 aromatic carbocycles. The van der Waals surface area contributed by atoms with Crippen molar-refractivity contribution in [3.63, 3.8) is 0 Å². The van der Waals surface area contributed by atoms with Crippen LogP contribution in [0.2, 0.25) is 0 Å². The first kappa shape index (κ1) is 13.9. The van der Waals surface area contributed by atoms with E-state index in [0.29, 0.717) is 13.1 Å². The summed E-state index contributed by atoms with van der Waals surface area (Å²) in [6.45, 7) is 7.33. The molecule has 16 heavy (non-hydrogen) atoms. The van der Waals surface area contributed by atoms with Crippen molar-refractivity contribution in [2.24, 2.45) is 5.92 Å². The Bertz CT molecular complexity index is 317. The Morgan fingerprint density at radius 1 is 1.31 bits per heavy atom. The Morgan fingerprint density at radius 3 is 2.19 bits per heavy atom. The van der Waals surface area contributed by atoms with Gasteiger partial charge in [-0.2, -0.15) is 0 Å². The Labute approximate surface area is 99.5 Å². The predicted octanol–water partition coefficient (Wildman–Crippen LogP) is 1.05. The number of hydrogen-bond acceptors (Lipinski definition) is 3. The van der Waals surface area contributed by atoms with Crippen molar-refractivity contribution in [2.75, 3.05) is 25.9 Å². The van der Waals surface area contributed by atoms with E-state index in [1.165, 1.54) is 0 Å². The van der Waals surface area contributed by atoms with Crippen LogP contribution in [0, 0.1) is 5.92 Å². The quantitative estimate of drug-likeness (QED) is 0.809. The molecule has 0 spiro atoms. The van der Waals surface area contributed by atoms with E-state index in [4.69, 9.17) is 0 Å². The van der Waals surface area contributed by atoms with Gasteiger partial charge in [0, 0.05) is 18.6 Å². The Hall–Kier alpha value is -0.130. The third kappa shape index (κ3) is 3.43. The number of sulfonamides is 1. The van der Waals surface area contributed by atoms with Gasteiger partial charge in [0.15, 0.2) is 0 Å². The van der Waals surface area contributed by atoms with E-state index >= 15 is 0 Å². The molecule has 0 saturated carbocycles. The number of nitrogens with zero attached hydrogens (tertiary/aromatic N) is 1. The van der Waals surface area contributed by atoms with E-state index in [9.17, 15) is 8.42 Å². The van der Waals surface area contributed by atoms with Gasteiger partial charge in [0.2, 0.25) is 10.0 Å². The van der Waals surface area contributed by atoms with Crippen LogP contribution in [0.3, 0.4) is 0 Å². The summed E-state index contributed by atoms with van der Waals surface area (Å²) in [7, 11) is -1.09. The molecule has 0 aromatic rings. The maximum absolute atomic E-state index is 12.0. The highest BCUT2D eigenvalue weighted by molar-refractivity contribution is 7.89. The fourth-order valence-corrected chi connectivity index (χ4v) is 3.83. The third-order valence-electron chi connectivity index (χ3n) is 3.37. The summed E-state index contributed by atoms with van der Waals surface area (Å²) >= 11 is 0. The normalized spacial score (nSPS) is 22.6. The molecule has 1 N–H and O–H groups in total.